The Kier molecular flexibility index (Phi) is 2.35. The molecule has 2 N–H and O–H groups in total. The van der Waals surface area contributed by atoms with Crippen molar-refractivity contribution in [2.45, 2.75) is 26.8 Å². The van der Waals surface area contributed by atoms with Crippen molar-refractivity contribution in [1.29, 1.82) is 0 Å². The van der Waals surface area contributed by atoms with Crippen LogP contribution in [0.2, 0.25) is 0 Å². The summed E-state index contributed by atoms with van der Waals surface area (Å²) in [7, 11) is 1.98. The van der Waals surface area contributed by atoms with Crippen LogP contribution in [-0.2, 0) is 0 Å². The van der Waals surface area contributed by atoms with Gasteiger partial charge >= 0.3 is 0 Å². The van der Waals surface area contributed by atoms with Gasteiger partial charge in [0.05, 0.1) is 0 Å². The molecule has 2 heteroatoms. The first kappa shape index (κ1) is 8.34. The van der Waals surface area contributed by atoms with Crippen molar-refractivity contribution in [2.75, 3.05) is 7.05 Å². The summed E-state index contributed by atoms with van der Waals surface area (Å²) in [5, 5.41) is 3.22. The molecule has 1 unspecified atom stereocenters. The molecule has 1 heterocycles. The van der Waals surface area contributed by atoms with Gasteiger partial charge in [-0.05, 0) is 39.4 Å². The molecule has 0 radical (unpaired) electrons. The molecule has 0 aliphatic heterocycles. The first-order valence-corrected chi connectivity index (χ1v) is 3.98. The fourth-order valence-corrected chi connectivity index (χ4v) is 1.35. The summed E-state index contributed by atoms with van der Waals surface area (Å²) in [6.07, 6.45) is 0. The van der Waals surface area contributed by atoms with Crippen LogP contribution in [0.1, 0.15) is 29.9 Å². The Labute approximate surface area is 68.0 Å². The molecule has 62 valence electrons. The van der Waals surface area contributed by atoms with E-state index in [-0.39, 0.29) is 0 Å². The summed E-state index contributed by atoms with van der Waals surface area (Å²) in [4.78, 5) is 3.28. The highest BCUT2D eigenvalue weighted by molar-refractivity contribution is 5.26. The van der Waals surface area contributed by atoms with Gasteiger partial charge in [0.2, 0.25) is 0 Å². The highest BCUT2D eigenvalue weighted by Crippen LogP contribution is 2.17. The van der Waals surface area contributed by atoms with Crippen LogP contribution in [0.3, 0.4) is 0 Å². The third-order valence-electron chi connectivity index (χ3n) is 2.09. The van der Waals surface area contributed by atoms with Crippen LogP contribution in [-0.4, -0.2) is 12.0 Å². The van der Waals surface area contributed by atoms with Gasteiger partial charge in [-0.1, -0.05) is 0 Å². The van der Waals surface area contributed by atoms with Gasteiger partial charge in [0.1, 0.15) is 0 Å². The SMILES string of the molecule is CNC(C)c1cc(C)[nH]c1C. The van der Waals surface area contributed by atoms with Crippen LogP contribution in [0.15, 0.2) is 6.07 Å². The first-order chi connectivity index (χ1) is 5.15. The summed E-state index contributed by atoms with van der Waals surface area (Å²) >= 11 is 0. The molecule has 0 aromatic carbocycles. The van der Waals surface area contributed by atoms with E-state index in [1.54, 1.807) is 0 Å². The highest BCUT2D eigenvalue weighted by atomic mass is 14.9. The van der Waals surface area contributed by atoms with Crippen molar-refractivity contribution >= 4 is 0 Å². The minimum atomic E-state index is 0.444. The maximum absolute atomic E-state index is 3.28. The molecule has 0 amide bonds. The number of aromatic nitrogens is 1. The van der Waals surface area contributed by atoms with Gasteiger partial charge in [-0.3, -0.25) is 0 Å². The average molecular weight is 152 g/mol. The lowest BCUT2D eigenvalue weighted by molar-refractivity contribution is 0.649. The van der Waals surface area contributed by atoms with Gasteiger partial charge in [-0.2, -0.15) is 0 Å². The second-order valence-corrected chi connectivity index (χ2v) is 3.04. The number of aromatic amines is 1. The zero-order valence-corrected chi connectivity index (χ0v) is 7.65. The van der Waals surface area contributed by atoms with Crippen LogP contribution >= 0.6 is 0 Å². The molecule has 0 aliphatic rings. The van der Waals surface area contributed by atoms with Crippen LogP contribution in [0.4, 0.5) is 0 Å². The average Bonchev–Trinajstić information content (AvgIpc) is 2.28. The smallest absolute Gasteiger partial charge is 0.0306 e. The Balaban J connectivity index is 2.93. The standard InChI is InChI=1S/C9H16N2/c1-6-5-9(7(2)10-4)8(3)11-6/h5,7,10-11H,1-4H3. The van der Waals surface area contributed by atoms with Crippen molar-refractivity contribution in [3.8, 4) is 0 Å². The van der Waals surface area contributed by atoms with Crippen LogP contribution in [0.25, 0.3) is 0 Å². The van der Waals surface area contributed by atoms with E-state index in [9.17, 15) is 0 Å². The fourth-order valence-electron chi connectivity index (χ4n) is 1.35. The normalized spacial score (nSPS) is 13.5. The molecule has 1 aromatic rings. The molecule has 1 aromatic heterocycles. The lowest BCUT2D eigenvalue weighted by Gasteiger charge is -2.08. The molecule has 1 atom stereocenters. The third-order valence-corrected chi connectivity index (χ3v) is 2.09. The highest BCUT2D eigenvalue weighted by Gasteiger charge is 2.07. The molecular weight excluding hydrogens is 136 g/mol. The summed E-state index contributed by atoms with van der Waals surface area (Å²) in [5.41, 5.74) is 3.87. The van der Waals surface area contributed by atoms with Gasteiger partial charge in [0, 0.05) is 17.4 Å². The second-order valence-electron chi connectivity index (χ2n) is 3.04. The predicted molar refractivity (Wildman–Crippen MR) is 47.7 cm³/mol. The lowest BCUT2D eigenvalue weighted by atomic mass is 10.1. The number of hydrogen-bond donors (Lipinski definition) is 2. The van der Waals surface area contributed by atoms with Crippen LogP contribution in [0, 0.1) is 13.8 Å². The van der Waals surface area contributed by atoms with Crippen molar-refractivity contribution in [1.82, 2.24) is 10.3 Å². The minimum Gasteiger partial charge on any atom is -0.362 e. The number of hydrogen-bond acceptors (Lipinski definition) is 1. The summed E-state index contributed by atoms with van der Waals surface area (Å²) in [5.74, 6) is 0. The van der Waals surface area contributed by atoms with E-state index < -0.39 is 0 Å². The molecule has 1 rings (SSSR count). The Morgan fingerprint density at radius 1 is 1.45 bits per heavy atom. The van der Waals surface area contributed by atoms with E-state index >= 15 is 0 Å². The lowest BCUT2D eigenvalue weighted by Crippen LogP contribution is -2.12. The van der Waals surface area contributed by atoms with Crippen molar-refractivity contribution in [3.05, 3.63) is 23.0 Å². The number of aryl methyl sites for hydroxylation is 2. The molecular formula is C9H16N2. The Bertz CT molecular complexity index is 238. The van der Waals surface area contributed by atoms with Gasteiger partial charge in [-0.15, -0.1) is 0 Å². The zero-order chi connectivity index (χ0) is 8.43. The Hall–Kier alpha value is -0.760. The van der Waals surface area contributed by atoms with Gasteiger partial charge < -0.3 is 10.3 Å². The number of rotatable bonds is 2. The quantitative estimate of drug-likeness (QED) is 0.665. The van der Waals surface area contributed by atoms with E-state index in [1.807, 2.05) is 7.05 Å². The summed E-state index contributed by atoms with van der Waals surface area (Å²) in [6.45, 7) is 6.35. The van der Waals surface area contributed by atoms with E-state index in [0.717, 1.165) is 0 Å². The van der Waals surface area contributed by atoms with E-state index in [4.69, 9.17) is 0 Å². The molecule has 0 saturated heterocycles. The Morgan fingerprint density at radius 3 is 2.45 bits per heavy atom. The largest absolute Gasteiger partial charge is 0.362 e. The van der Waals surface area contributed by atoms with E-state index in [2.05, 4.69) is 37.1 Å². The maximum Gasteiger partial charge on any atom is 0.0306 e. The molecule has 11 heavy (non-hydrogen) atoms. The van der Waals surface area contributed by atoms with Gasteiger partial charge in [-0.25, -0.2) is 0 Å². The molecule has 2 nitrogen and oxygen atoms in total. The van der Waals surface area contributed by atoms with Gasteiger partial charge in [0.15, 0.2) is 0 Å². The molecule has 0 saturated carbocycles. The maximum atomic E-state index is 3.28. The van der Waals surface area contributed by atoms with E-state index in [0.29, 0.717) is 6.04 Å². The summed E-state index contributed by atoms with van der Waals surface area (Å²) in [6, 6.07) is 2.64. The minimum absolute atomic E-state index is 0.444. The van der Waals surface area contributed by atoms with Crippen molar-refractivity contribution in [2.24, 2.45) is 0 Å². The third kappa shape index (κ3) is 1.63. The van der Waals surface area contributed by atoms with Gasteiger partial charge in [0.25, 0.3) is 0 Å². The number of nitrogens with one attached hydrogen (secondary N) is 2. The monoisotopic (exact) mass is 152 g/mol. The molecule has 0 bridgehead atoms. The molecule has 0 fully saturated rings. The second kappa shape index (κ2) is 3.09. The topological polar surface area (TPSA) is 27.8 Å². The predicted octanol–water partition coefficient (Wildman–Crippen LogP) is 1.91. The molecule has 0 aliphatic carbocycles. The van der Waals surface area contributed by atoms with Crippen molar-refractivity contribution < 1.29 is 0 Å². The first-order valence-electron chi connectivity index (χ1n) is 3.98. The Morgan fingerprint density at radius 2 is 2.09 bits per heavy atom. The van der Waals surface area contributed by atoms with Crippen molar-refractivity contribution in [3.63, 3.8) is 0 Å². The van der Waals surface area contributed by atoms with Crippen LogP contribution in [0.5, 0.6) is 0 Å². The number of H-pyrrole nitrogens is 1. The molecule has 0 spiro atoms. The zero-order valence-electron chi connectivity index (χ0n) is 7.65. The fraction of sp³-hybridized carbons (Fsp3) is 0.556. The summed E-state index contributed by atoms with van der Waals surface area (Å²) < 4.78 is 0. The van der Waals surface area contributed by atoms with E-state index in [1.165, 1.54) is 17.0 Å². The van der Waals surface area contributed by atoms with Crippen LogP contribution < -0.4 is 5.32 Å².